The van der Waals surface area contributed by atoms with Crippen LogP contribution in [0, 0.1) is 34.9 Å². The highest BCUT2D eigenvalue weighted by molar-refractivity contribution is 5.86. The van der Waals surface area contributed by atoms with Crippen LogP contribution in [0.25, 0.3) is 21.5 Å². The molecule has 0 N–H and O–H groups in total. The molecule has 0 saturated carbocycles. The van der Waals surface area contributed by atoms with Gasteiger partial charge in [0.05, 0.1) is 5.39 Å². The van der Waals surface area contributed by atoms with Crippen LogP contribution in [0.4, 0.5) is 35.1 Å². The van der Waals surface area contributed by atoms with Gasteiger partial charge in [0.25, 0.3) is 0 Å². The van der Waals surface area contributed by atoms with E-state index in [0.717, 1.165) is 30.9 Å². The summed E-state index contributed by atoms with van der Waals surface area (Å²) in [5.41, 5.74) is -0.722. The van der Waals surface area contributed by atoms with Crippen molar-refractivity contribution < 1.29 is 39.9 Å². The minimum Gasteiger partial charge on any atom is -0.429 e. The molecule has 184 valence electrons. The molecule has 4 rings (SSSR count). The molecular formula is C26H18F8O. The summed E-state index contributed by atoms with van der Waals surface area (Å²) in [6.07, 6.45) is -1.13. The van der Waals surface area contributed by atoms with E-state index in [-0.39, 0.29) is 10.8 Å². The molecule has 1 nitrogen and oxygen atoms in total. The molecule has 4 aromatic carbocycles. The van der Waals surface area contributed by atoms with Crippen LogP contribution >= 0.6 is 0 Å². The van der Waals surface area contributed by atoms with Crippen LogP contribution in [-0.2, 0) is 12.5 Å². The lowest BCUT2D eigenvalue weighted by molar-refractivity contribution is -0.187. The summed E-state index contributed by atoms with van der Waals surface area (Å²) < 4.78 is 119. The largest absolute Gasteiger partial charge is 0.429 e. The molecule has 0 atom stereocenters. The first kappa shape index (κ1) is 24.8. The summed E-state index contributed by atoms with van der Waals surface area (Å²) >= 11 is 0. The molecule has 0 spiro atoms. The molecule has 0 bridgehead atoms. The summed E-state index contributed by atoms with van der Waals surface area (Å²) in [6, 6.07) is 6.47. The van der Waals surface area contributed by atoms with Crippen molar-refractivity contribution in [2.24, 2.45) is 0 Å². The van der Waals surface area contributed by atoms with E-state index in [1.165, 1.54) is 12.1 Å². The zero-order valence-corrected chi connectivity index (χ0v) is 18.3. The molecular weight excluding hydrogens is 480 g/mol. The van der Waals surface area contributed by atoms with Gasteiger partial charge in [-0.3, -0.25) is 0 Å². The van der Waals surface area contributed by atoms with E-state index in [1.54, 1.807) is 6.07 Å². The zero-order valence-electron chi connectivity index (χ0n) is 18.3. The monoisotopic (exact) mass is 498 g/mol. The van der Waals surface area contributed by atoms with Crippen LogP contribution < -0.4 is 4.74 Å². The van der Waals surface area contributed by atoms with Crippen molar-refractivity contribution in [1.29, 1.82) is 0 Å². The SMILES string of the molecule is CCCCCc1ccc2cc(C(F)(F)Oc3cc(F)c4c(F)c(F)c(F)cc4c3)c(F)c(F)c2c1. The van der Waals surface area contributed by atoms with Crippen molar-refractivity contribution in [1.82, 2.24) is 0 Å². The van der Waals surface area contributed by atoms with Crippen LogP contribution in [0.3, 0.4) is 0 Å². The first-order chi connectivity index (χ1) is 16.5. The standard InChI is InChI=1S/C26H18F8O/c1-2-3-4-5-13-6-7-14-10-18(23(30)22(29)17(14)8-13)26(33,34)35-16-9-15-11-20(28)24(31)25(32)21(15)19(27)12-16/h6-12H,2-5H2,1H3. The Morgan fingerprint density at radius 2 is 1.46 bits per heavy atom. The number of aryl methyl sites for hydroxylation is 1. The van der Waals surface area contributed by atoms with Crippen LogP contribution in [0.2, 0.25) is 0 Å². The minimum absolute atomic E-state index is 0.00859. The van der Waals surface area contributed by atoms with Gasteiger partial charge in [-0.25, -0.2) is 26.3 Å². The fourth-order valence-electron chi connectivity index (χ4n) is 3.94. The maximum Gasteiger partial charge on any atom is 0.429 e. The van der Waals surface area contributed by atoms with Gasteiger partial charge in [-0.2, -0.15) is 8.78 Å². The van der Waals surface area contributed by atoms with Gasteiger partial charge in [-0.05, 0) is 53.4 Å². The second-order valence-corrected chi connectivity index (χ2v) is 8.17. The fraction of sp³-hybridized carbons (Fsp3) is 0.231. The Balaban J connectivity index is 1.72. The number of hydrogen-bond acceptors (Lipinski definition) is 1. The molecule has 0 aromatic heterocycles. The average Bonchev–Trinajstić information content (AvgIpc) is 2.79. The number of benzene rings is 4. The van der Waals surface area contributed by atoms with Crippen molar-refractivity contribution in [2.45, 2.75) is 38.7 Å². The molecule has 9 heteroatoms. The molecule has 0 unspecified atom stereocenters. The van der Waals surface area contributed by atoms with Gasteiger partial charge >= 0.3 is 6.11 Å². The second-order valence-electron chi connectivity index (χ2n) is 8.17. The quantitative estimate of drug-likeness (QED) is 0.141. The van der Waals surface area contributed by atoms with Gasteiger partial charge in [-0.1, -0.05) is 31.9 Å². The normalized spacial score (nSPS) is 12.0. The van der Waals surface area contributed by atoms with Gasteiger partial charge < -0.3 is 4.74 Å². The van der Waals surface area contributed by atoms with E-state index in [9.17, 15) is 35.1 Å². The van der Waals surface area contributed by atoms with Gasteiger partial charge in [0.1, 0.15) is 17.1 Å². The zero-order chi connectivity index (χ0) is 25.5. The Hall–Kier alpha value is -3.36. The number of fused-ring (bicyclic) bond motifs is 2. The van der Waals surface area contributed by atoms with E-state index in [2.05, 4.69) is 4.74 Å². The summed E-state index contributed by atoms with van der Waals surface area (Å²) in [7, 11) is 0. The molecule has 0 heterocycles. The van der Waals surface area contributed by atoms with E-state index in [4.69, 9.17) is 0 Å². The Kier molecular flexibility index (Phi) is 6.62. The number of halogens is 8. The van der Waals surface area contributed by atoms with Crippen molar-refractivity contribution in [3.05, 3.63) is 88.5 Å². The lowest BCUT2D eigenvalue weighted by Gasteiger charge is -2.20. The summed E-state index contributed by atoms with van der Waals surface area (Å²) in [5, 5.41) is -1.77. The lowest BCUT2D eigenvalue weighted by Crippen LogP contribution is -2.24. The molecule has 0 radical (unpaired) electrons. The predicted octanol–water partition coefficient (Wildman–Crippen LogP) is 8.69. The predicted molar refractivity (Wildman–Crippen MR) is 115 cm³/mol. The Labute approximate surface area is 194 Å². The third-order valence-electron chi connectivity index (χ3n) is 5.71. The van der Waals surface area contributed by atoms with Gasteiger partial charge in [0, 0.05) is 11.5 Å². The maximum atomic E-state index is 14.9. The lowest BCUT2D eigenvalue weighted by atomic mass is 9.99. The van der Waals surface area contributed by atoms with Crippen LogP contribution in [-0.4, -0.2) is 0 Å². The van der Waals surface area contributed by atoms with Crippen molar-refractivity contribution >= 4 is 21.5 Å². The third kappa shape index (κ3) is 4.63. The molecule has 35 heavy (non-hydrogen) atoms. The Morgan fingerprint density at radius 1 is 0.714 bits per heavy atom. The molecule has 0 saturated heterocycles. The van der Waals surface area contributed by atoms with Crippen molar-refractivity contribution in [3.8, 4) is 5.75 Å². The van der Waals surface area contributed by atoms with Gasteiger partial charge in [-0.15, -0.1) is 0 Å². The minimum atomic E-state index is -4.49. The number of rotatable bonds is 7. The molecule has 0 fully saturated rings. The number of unbranched alkanes of at least 4 members (excludes halogenated alkanes) is 2. The van der Waals surface area contributed by atoms with Crippen molar-refractivity contribution in [2.75, 3.05) is 0 Å². The molecule has 0 amide bonds. The number of ether oxygens (including phenoxy) is 1. The van der Waals surface area contributed by atoms with Crippen LogP contribution in [0.15, 0.2) is 42.5 Å². The van der Waals surface area contributed by atoms with E-state index in [0.29, 0.717) is 24.6 Å². The molecule has 0 aliphatic heterocycles. The summed E-state index contributed by atoms with van der Waals surface area (Å²) in [5.74, 6) is -11.2. The highest BCUT2D eigenvalue weighted by Gasteiger charge is 2.40. The topological polar surface area (TPSA) is 9.23 Å². The maximum absolute atomic E-state index is 14.9. The first-order valence-electron chi connectivity index (χ1n) is 10.8. The summed E-state index contributed by atoms with van der Waals surface area (Å²) in [4.78, 5) is 0. The smallest absolute Gasteiger partial charge is 0.429 e. The number of alkyl halides is 2. The highest BCUT2D eigenvalue weighted by atomic mass is 19.3. The van der Waals surface area contributed by atoms with Crippen LogP contribution in [0.5, 0.6) is 5.75 Å². The second kappa shape index (κ2) is 9.36. The van der Waals surface area contributed by atoms with Crippen molar-refractivity contribution in [3.63, 3.8) is 0 Å². The Morgan fingerprint density at radius 3 is 2.17 bits per heavy atom. The van der Waals surface area contributed by atoms with E-state index >= 15 is 0 Å². The summed E-state index contributed by atoms with van der Waals surface area (Å²) in [6.45, 7) is 2.02. The third-order valence-corrected chi connectivity index (χ3v) is 5.71. The molecule has 0 aliphatic rings. The van der Waals surface area contributed by atoms with Gasteiger partial charge in [0.15, 0.2) is 29.1 Å². The molecule has 4 aromatic rings. The highest BCUT2D eigenvalue weighted by Crippen LogP contribution is 2.38. The van der Waals surface area contributed by atoms with Crippen LogP contribution in [0.1, 0.15) is 37.3 Å². The Bertz CT molecular complexity index is 1430. The fourth-order valence-corrected chi connectivity index (χ4v) is 3.94. The van der Waals surface area contributed by atoms with E-state index < -0.39 is 63.1 Å². The van der Waals surface area contributed by atoms with E-state index in [1.807, 2.05) is 6.92 Å². The number of hydrogen-bond donors (Lipinski definition) is 0. The molecule has 0 aliphatic carbocycles. The first-order valence-corrected chi connectivity index (χ1v) is 10.8. The average molecular weight is 498 g/mol. The van der Waals surface area contributed by atoms with Gasteiger partial charge in [0.2, 0.25) is 0 Å².